The van der Waals surface area contributed by atoms with E-state index in [-0.39, 0.29) is 4.90 Å². The second-order valence-electron chi connectivity index (χ2n) is 4.05. The number of carbonyl (C=O) groups is 1. The van der Waals surface area contributed by atoms with Crippen LogP contribution < -0.4 is 4.72 Å². The molecule has 0 aliphatic rings. The van der Waals surface area contributed by atoms with Crippen LogP contribution >= 0.6 is 34.2 Å². The molecule has 0 aliphatic heterocycles. The summed E-state index contributed by atoms with van der Waals surface area (Å²) in [6.45, 7) is 3.25. The van der Waals surface area contributed by atoms with E-state index in [1.807, 2.05) is 4.72 Å². The molecular weight excluding hydrogens is 389 g/mol. The monoisotopic (exact) mass is 401 g/mol. The Morgan fingerprint density at radius 3 is 2.50 bits per heavy atom. The SMILES string of the molecule is CC(C)C(=O)NS(=O)(=O)c1cc(Cl)cc(CI)c1. The number of halogens is 2. The minimum atomic E-state index is -3.85. The van der Waals surface area contributed by atoms with Crippen molar-refractivity contribution < 1.29 is 13.2 Å². The van der Waals surface area contributed by atoms with Gasteiger partial charge in [-0.2, -0.15) is 0 Å². The minimum Gasteiger partial charge on any atom is -0.274 e. The van der Waals surface area contributed by atoms with Gasteiger partial charge in [0.05, 0.1) is 4.90 Å². The molecule has 0 aliphatic carbocycles. The van der Waals surface area contributed by atoms with Gasteiger partial charge in [0.2, 0.25) is 5.91 Å². The van der Waals surface area contributed by atoms with E-state index in [4.69, 9.17) is 11.6 Å². The zero-order valence-corrected chi connectivity index (χ0v) is 13.6. The van der Waals surface area contributed by atoms with E-state index in [9.17, 15) is 13.2 Å². The number of rotatable bonds is 4. The van der Waals surface area contributed by atoms with Crippen molar-refractivity contribution in [3.63, 3.8) is 0 Å². The van der Waals surface area contributed by atoms with E-state index in [2.05, 4.69) is 22.6 Å². The fourth-order valence-electron chi connectivity index (χ4n) is 1.16. The summed E-state index contributed by atoms with van der Waals surface area (Å²) in [6.07, 6.45) is 0. The van der Waals surface area contributed by atoms with Crippen LogP contribution in [0.1, 0.15) is 19.4 Å². The van der Waals surface area contributed by atoms with Crippen LogP contribution in [0.4, 0.5) is 0 Å². The first-order valence-electron chi connectivity index (χ1n) is 5.18. The topological polar surface area (TPSA) is 63.2 Å². The molecule has 0 spiro atoms. The third-order valence-corrected chi connectivity index (χ3v) is 4.58. The van der Waals surface area contributed by atoms with Crippen LogP contribution in [0.3, 0.4) is 0 Å². The second-order valence-corrected chi connectivity index (χ2v) is 6.93. The summed E-state index contributed by atoms with van der Waals surface area (Å²) < 4.78 is 26.6. The number of benzene rings is 1. The highest BCUT2D eigenvalue weighted by Gasteiger charge is 2.20. The van der Waals surface area contributed by atoms with Gasteiger partial charge in [0.1, 0.15) is 0 Å². The zero-order valence-electron chi connectivity index (χ0n) is 9.91. The normalized spacial score (nSPS) is 11.6. The van der Waals surface area contributed by atoms with Gasteiger partial charge in [0.25, 0.3) is 10.0 Å². The van der Waals surface area contributed by atoms with E-state index in [0.717, 1.165) is 5.56 Å². The van der Waals surface area contributed by atoms with Crippen molar-refractivity contribution >= 4 is 50.1 Å². The molecule has 0 saturated heterocycles. The zero-order chi connectivity index (χ0) is 13.9. The first kappa shape index (κ1) is 15.7. The molecule has 0 unspecified atom stereocenters. The van der Waals surface area contributed by atoms with Crippen molar-refractivity contribution in [3.8, 4) is 0 Å². The van der Waals surface area contributed by atoms with E-state index < -0.39 is 21.8 Å². The third-order valence-electron chi connectivity index (χ3n) is 2.16. The fraction of sp³-hybridized carbons (Fsp3) is 0.364. The van der Waals surface area contributed by atoms with Crippen LogP contribution in [-0.2, 0) is 19.2 Å². The van der Waals surface area contributed by atoms with Crippen LogP contribution in [0.5, 0.6) is 0 Å². The van der Waals surface area contributed by atoms with Crippen LogP contribution in [0.2, 0.25) is 5.02 Å². The Bertz CT molecular complexity index is 557. The summed E-state index contributed by atoms with van der Waals surface area (Å²) in [7, 11) is -3.85. The van der Waals surface area contributed by atoms with Gasteiger partial charge in [-0.1, -0.05) is 48.0 Å². The molecule has 1 aromatic rings. The number of hydrogen-bond donors (Lipinski definition) is 1. The third kappa shape index (κ3) is 4.10. The predicted molar refractivity (Wildman–Crippen MR) is 79.3 cm³/mol. The molecule has 18 heavy (non-hydrogen) atoms. The lowest BCUT2D eigenvalue weighted by atomic mass is 10.2. The molecule has 1 amide bonds. The van der Waals surface area contributed by atoms with Crippen molar-refractivity contribution in [2.24, 2.45) is 5.92 Å². The van der Waals surface area contributed by atoms with Crippen molar-refractivity contribution in [1.82, 2.24) is 4.72 Å². The average molecular weight is 402 g/mol. The highest BCUT2D eigenvalue weighted by molar-refractivity contribution is 14.1. The number of nitrogens with one attached hydrogen (secondary N) is 1. The molecule has 100 valence electrons. The first-order chi connectivity index (χ1) is 8.26. The van der Waals surface area contributed by atoms with Gasteiger partial charge < -0.3 is 0 Å². The Morgan fingerprint density at radius 2 is 2.00 bits per heavy atom. The lowest BCUT2D eigenvalue weighted by molar-refractivity contribution is -0.122. The van der Waals surface area contributed by atoms with Gasteiger partial charge >= 0.3 is 0 Å². The molecule has 0 bridgehead atoms. The first-order valence-corrected chi connectivity index (χ1v) is 8.57. The predicted octanol–water partition coefficient (Wildman–Crippen LogP) is 2.74. The molecule has 1 N–H and O–H groups in total. The van der Waals surface area contributed by atoms with Gasteiger partial charge in [-0.05, 0) is 23.8 Å². The molecule has 0 saturated carbocycles. The smallest absolute Gasteiger partial charge is 0.264 e. The largest absolute Gasteiger partial charge is 0.274 e. The molecule has 7 heteroatoms. The maximum atomic E-state index is 12.0. The van der Waals surface area contributed by atoms with Crippen molar-refractivity contribution in [1.29, 1.82) is 0 Å². The summed E-state index contributed by atoms with van der Waals surface area (Å²) in [4.78, 5) is 11.5. The molecule has 4 nitrogen and oxygen atoms in total. The molecular formula is C11H13ClINO3S. The van der Waals surface area contributed by atoms with E-state index in [1.165, 1.54) is 12.1 Å². The molecule has 0 radical (unpaired) electrons. The molecule has 0 atom stereocenters. The Morgan fingerprint density at radius 1 is 1.39 bits per heavy atom. The average Bonchev–Trinajstić information content (AvgIpc) is 2.27. The second kappa shape index (κ2) is 6.21. The van der Waals surface area contributed by atoms with Crippen molar-refractivity contribution in [2.75, 3.05) is 0 Å². The molecule has 0 aromatic heterocycles. The Labute approximate surface area is 125 Å². The van der Waals surface area contributed by atoms with Gasteiger partial charge in [0, 0.05) is 15.4 Å². The number of alkyl halides is 1. The van der Waals surface area contributed by atoms with Gasteiger partial charge in [-0.25, -0.2) is 13.1 Å². The summed E-state index contributed by atoms with van der Waals surface area (Å²) in [5, 5.41) is 0.335. The van der Waals surface area contributed by atoms with Crippen LogP contribution in [0.15, 0.2) is 23.1 Å². The lowest BCUT2D eigenvalue weighted by Gasteiger charge is -2.10. The Kier molecular flexibility index (Phi) is 5.42. The standard InChI is InChI=1S/C11H13ClINO3S/c1-7(2)11(15)14-18(16,17)10-4-8(6-13)3-9(12)5-10/h3-5,7H,6H2,1-2H3,(H,14,15). The maximum Gasteiger partial charge on any atom is 0.264 e. The number of amides is 1. The summed E-state index contributed by atoms with van der Waals surface area (Å²) >= 11 is 7.96. The quantitative estimate of drug-likeness (QED) is 0.623. The van der Waals surface area contributed by atoms with Gasteiger partial charge in [0.15, 0.2) is 0 Å². The number of sulfonamides is 1. The van der Waals surface area contributed by atoms with Crippen molar-refractivity contribution in [2.45, 2.75) is 23.2 Å². The summed E-state index contributed by atoms with van der Waals surface area (Å²) in [6, 6.07) is 4.53. The maximum absolute atomic E-state index is 12.0. The molecule has 0 fully saturated rings. The summed E-state index contributed by atoms with van der Waals surface area (Å²) in [5.74, 6) is -0.936. The number of carbonyl (C=O) groups excluding carboxylic acids is 1. The van der Waals surface area contributed by atoms with Crippen molar-refractivity contribution in [3.05, 3.63) is 28.8 Å². The van der Waals surface area contributed by atoms with Crippen LogP contribution in [-0.4, -0.2) is 14.3 Å². The molecule has 1 aromatic carbocycles. The lowest BCUT2D eigenvalue weighted by Crippen LogP contribution is -2.33. The highest BCUT2D eigenvalue weighted by atomic mass is 127. The summed E-state index contributed by atoms with van der Waals surface area (Å²) in [5.41, 5.74) is 0.792. The molecule has 1 rings (SSSR count). The van der Waals surface area contributed by atoms with Crippen LogP contribution in [0, 0.1) is 5.92 Å². The van der Waals surface area contributed by atoms with Gasteiger partial charge in [-0.3, -0.25) is 4.79 Å². The highest BCUT2D eigenvalue weighted by Crippen LogP contribution is 2.20. The Balaban J connectivity index is 3.12. The minimum absolute atomic E-state index is 0.00988. The van der Waals surface area contributed by atoms with E-state index in [0.29, 0.717) is 9.45 Å². The van der Waals surface area contributed by atoms with Crippen LogP contribution in [0.25, 0.3) is 0 Å². The molecule has 0 heterocycles. The Hall–Kier alpha value is -0.340. The number of hydrogen-bond acceptors (Lipinski definition) is 3. The fourth-order valence-corrected chi connectivity index (χ4v) is 3.13. The van der Waals surface area contributed by atoms with Gasteiger partial charge in [-0.15, -0.1) is 0 Å². The van der Waals surface area contributed by atoms with E-state index >= 15 is 0 Å². The van der Waals surface area contributed by atoms with E-state index in [1.54, 1.807) is 19.9 Å².